The van der Waals surface area contributed by atoms with Gasteiger partial charge in [0.2, 0.25) is 0 Å². The van der Waals surface area contributed by atoms with Crippen LogP contribution in [-0.4, -0.2) is 5.16 Å². The number of ether oxygens (including phenoxy) is 1. The first-order chi connectivity index (χ1) is 6.45. The lowest BCUT2D eigenvalue weighted by molar-refractivity contribution is 0.301. The van der Waals surface area contributed by atoms with E-state index in [1.165, 1.54) is 0 Å². The van der Waals surface area contributed by atoms with Gasteiger partial charge in [-0.3, -0.25) is 0 Å². The third kappa shape index (κ3) is 0.869. The fraction of sp³-hybridized carbons (Fsp3) is 0.100. The minimum absolute atomic E-state index is 0.551. The number of benzene rings is 1. The summed E-state index contributed by atoms with van der Waals surface area (Å²) >= 11 is 0. The molecular weight excluding hydrogens is 166 g/mol. The average Bonchev–Trinajstić information content (AvgIpc) is 2.65. The van der Waals surface area contributed by atoms with Gasteiger partial charge in [-0.1, -0.05) is 17.3 Å². The van der Waals surface area contributed by atoms with Crippen molar-refractivity contribution in [3.05, 3.63) is 36.1 Å². The largest absolute Gasteiger partial charge is 0.488 e. The maximum Gasteiger partial charge on any atom is 0.131 e. The third-order valence-corrected chi connectivity index (χ3v) is 2.17. The molecule has 3 nitrogen and oxygen atoms in total. The van der Waals surface area contributed by atoms with Crippen LogP contribution in [0, 0.1) is 0 Å². The van der Waals surface area contributed by atoms with Crippen LogP contribution in [0.1, 0.15) is 5.56 Å². The van der Waals surface area contributed by atoms with Gasteiger partial charge < -0.3 is 9.26 Å². The Labute approximate surface area is 74.9 Å². The third-order valence-electron chi connectivity index (χ3n) is 2.17. The van der Waals surface area contributed by atoms with Gasteiger partial charge in [-0.2, -0.15) is 0 Å². The molecule has 0 amide bonds. The van der Waals surface area contributed by atoms with Crippen LogP contribution in [0.15, 0.2) is 35.1 Å². The summed E-state index contributed by atoms with van der Waals surface area (Å²) in [5.41, 5.74) is 2.93. The number of para-hydroxylation sites is 1. The second-order valence-corrected chi connectivity index (χ2v) is 2.97. The van der Waals surface area contributed by atoms with Crippen molar-refractivity contribution in [2.75, 3.05) is 0 Å². The molecule has 64 valence electrons. The van der Waals surface area contributed by atoms with Crippen molar-refractivity contribution in [3.63, 3.8) is 0 Å². The molecular formula is C10H7NO2. The van der Waals surface area contributed by atoms with Crippen LogP contribution >= 0.6 is 0 Å². The summed E-state index contributed by atoms with van der Waals surface area (Å²) in [6.45, 7) is 0.551. The van der Waals surface area contributed by atoms with E-state index in [2.05, 4.69) is 5.16 Å². The monoisotopic (exact) mass is 173 g/mol. The number of aromatic nitrogens is 1. The molecule has 0 saturated heterocycles. The van der Waals surface area contributed by atoms with Crippen LogP contribution in [-0.2, 0) is 6.61 Å². The minimum Gasteiger partial charge on any atom is -0.488 e. The molecule has 0 unspecified atom stereocenters. The molecule has 1 aliphatic rings. The first-order valence-corrected chi connectivity index (χ1v) is 4.10. The molecule has 2 heterocycles. The van der Waals surface area contributed by atoms with Crippen molar-refractivity contribution in [1.82, 2.24) is 5.16 Å². The summed E-state index contributed by atoms with van der Waals surface area (Å²) in [7, 11) is 0. The number of nitrogens with zero attached hydrogens (tertiary/aromatic N) is 1. The quantitative estimate of drug-likeness (QED) is 0.612. The van der Waals surface area contributed by atoms with E-state index in [0.29, 0.717) is 6.61 Å². The van der Waals surface area contributed by atoms with Gasteiger partial charge >= 0.3 is 0 Å². The van der Waals surface area contributed by atoms with Crippen molar-refractivity contribution in [2.24, 2.45) is 0 Å². The van der Waals surface area contributed by atoms with Gasteiger partial charge in [0.05, 0.1) is 5.56 Å². The zero-order chi connectivity index (χ0) is 8.67. The molecule has 0 radical (unpaired) electrons. The number of hydrogen-bond acceptors (Lipinski definition) is 3. The Kier molecular flexibility index (Phi) is 1.22. The van der Waals surface area contributed by atoms with Crippen LogP contribution < -0.4 is 4.74 Å². The molecule has 0 bridgehead atoms. The van der Waals surface area contributed by atoms with Crippen LogP contribution in [0.4, 0.5) is 0 Å². The highest BCUT2D eigenvalue weighted by atomic mass is 16.5. The summed E-state index contributed by atoms with van der Waals surface area (Å²) in [5.74, 6) is 0.879. The van der Waals surface area contributed by atoms with Crippen molar-refractivity contribution in [2.45, 2.75) is 6.61 Å². The Morgan fingerprint density at radius 2 is 2.15 bits per heavy atom. The normalized spacial score (nSPS) is 12.9. The average molecular weight is 173 g/mol. The lowest BCUT2D eigenvalue weighted by Crippen LogP contribution is -2.03. The zero-order valence-electron chi connectivity index (χ0n) is 6.86. The first kappa shape index (κ1) is 6.71. The Hall–Kier alpha value is -1.77. The summed E-state index contributed by atoms with van der Waals surface area (Å²) in [6.07, 6.45) is 1.63. The highest BCUT2D eigenvalue weighted by Crippen LogP contribution is 2.35. The summed E-state index contributed by atoms with van der Waals surface area (Å²) < 4.78 is 10.4. The predicted octanol–water partition coefficient (Wildman–Crippen LogP) is 2.23. The van der Waals surface area contributed by atoms with E-state index in [-0.39, 0.29) is 0 Å². The molecule has 0 aliphatic carbocycles. The fourth-order valence-corrected chi connectivity index (χ4v) is 1.53. The van der Waals surface area contributed by atoms with E-state index < -0.39 is 0 Å². The highest BCUT2D eigenvalue weighted by Gasteiger charge is 2.19. The van der Waals surface area contributed by atoms with E-state index in [1.54, 1.807) is 6.26 Å². The van der Waals surface area contributed by atoms with Crippen LogP contribution in [0.3, 0.4) is 0 Å². The van der Waals surface area contributed by atoms with Crippen LogP contribution in [0.25, 0.3) is 11.3 Å². The molecule has 0 saturated carbocycles. The maximum absolute atomic E-state index is 5.51. The van der Waals surface area contributed by atoms with Crippen molar-refractivity contribution >= 4 is 0 Å². The molecule has 0 N–H and O–H groups in total. The van der Waals surface area contributed by atoms with E-state index >= 15 is 0 Å². The summed E-state index contributed by atoms with van der Waals surface area (Å²) in [5, 5.41) is 3.94. The lowest BCUT2D eigenvalue weighted by Gasteiger charge is -2.14. The fourth-order valence-electron chi connectivity index (χ4n) is 1.53. The van der Waals surface area contributed by atoms with E-state index in [0.717, 1.165) is 22.6 Å². The molecule has 0 spiro atoms. The van der Waals surface area contributed by atoms with Gasteiger partial charge in [-0.25, -0.2) is 0 Å². The Balaban J connectivity index is 2.30. The van der Waals surface area contributed by atoms with E-state index in [1.807, 2.05) is 24.3 Å². The van der Waals surface area contributed by atoms with Gasteiger partial charge in [0.15, 0.2) is 0 Å². The molecule has 1 aromatic carbocycles. The number of hydrogen-bond donors (Lipinski definition) is 0. The molecule has 0 atom stereocenters. The molecule has 0 fully saturated rings. The minimum atomic E-state index is 0.551. The van der Waals surface area contributed by atoms with Crippen molar-refractivity contribution < 1.29 is 9.26 Å². The zero-order valence-corrected chi connectivity index (χ0v) is 6.86. The Bertz CT molecular complexity index is 448. The van der Waals surface area contributed by atoms with Gasteiger partial charge in [0, 0.05) is 5.56 Å². The number of rotatable bonds is 0. The second-order valence-electron chi connectivity index (χ2n) is 2.97. The first-order valence-electron chi connectivity index (χ1n) is 4.10. The summed E-state index contributed by atoms with van der Waals surface area (Å²) in [4.78, 5) is 0. The van der Waals surface area contributed by atoms with E-state index in [9.17, 15) is 0 Å². The maximum atomic E-state index is 5.51. The molecule has 2 aromatic rings. The van der Waals surface area contributed by atoms with Gasteiger partial charge in [-0.15, -0.1) is 0 Å². The Morgan fingerprint density at radius 3 is 3.15 bits per heavy atom. The molecule has 1 aromatic heterocycles. The van der Waals surface area contributed by atoms with Gasteiger partial charge in [0.25, 0.3) is 0 Å². The predicted molar refractivity (Wildman–Crippen MR) is 46.3 cm³/mol. The SMILES string of the molecule is c1ccc2c(c1)OCc1conc1-2. The number of fused-ring (bicyclic) bond motifs is 3. The topological polar surface area (TPSA) is 35.3 Å². The molecule has 13 heavy (non-hydrogen) atoms. The standard InChI is InChI=1S/C10H7NO2/c1-2-4-9-8(3-1)10-7(5-12-9)6-13-11-10/h1-4,6H,5H2. The Morgan fingerprint density at radius 1 is 1.23 bits per heavy atom. The molecule has 1 aliphatic heterocycles. The molecule has 3 heteroatoms. The lowest BCUT2D eigenvalue weighted by atomic mass is 10.1. The van der Waals surface area contributed by atoms with Crippen molar-refractivity contribution in [1.29, 1.82) is 0 Å². The summed E-state index contributed by atoms with van der Waals surface area (Å²) in [6, 6.07) is 7.83. The van der Waals surface area contributed by atoms with Crippen LogP contribution in [0.2, 0.25) is 0 Å². The van der Waals surface area contributed by atoms with Crippen molar-refractivity contribution in [3.8, 4) is 17.0 Å². The van der Waals surface area contributed by atoms with Gasteiger partial charge in [-0.05, 0) is 12.1 Å². The van der Waals surface area contributed by atoms with Crippen LogP contribution in [0.5, 0.6) is 5.75 Å². The van der Waals surface area contributed by atoms with E-state index in [4.69, 9.17) is 9.26 Å². The smallest absolute Gasteiger partial charge is 0.131 e. The molecule has 3 rings (SSSR count). The van der Waals surface area contributed by atoms with Gasteiger partial charge in [0.1, 0.15) is 24.3 Å². The second kappa shape index (κ2) is 2.36. The highest BCUT2D eigenvalue weighted by molar-refractivity contribution is 5.70.